The highest BCUT2D eigenvalue weighted by atomic mass is 14.9. The quantitative estimate of drug-likeness (QED) is 0.654. The zero-order valence-corrected chi connectivity index (χ0v) is 10.7. The van der Waals surface area contributed by atoms with Crippen LogP contribution in [0.2, 0.25) is 0 Å². The van der Waals surface area contributed by atoms with Gasteiger partial charge in [0.1, 0.15) is 0 Å². The molecule has 0 unspecified atom stereocenters. The van der Waals surface area contributed by atoms with Crippen molar-refractivity contribution in [1.82, 2.24) is 0 Å². The summed E-state index contributed by atoms with van der Waals surface area (Å²) < 4.78 is 0. The lowest BCUT2D eigenvalue weighted by atomic mass is 10.1. The van der Waals surface area contributed by atoms with Gasteiger partial charge in [-0.25, -0.2) is 9.98 Å². The average molecular weight is 260 g/mol. The maximum Gasteiger partial charge on any atom is 0.161 e. The lowest BCUT2D eigenvalue weighted by Gasteiger charge is -2.02. The van der Waals surface area contributed by atoms with Crippen molar-refractivity contribution in [2.24, 2.45) is 9.98 Å². The van der Waals surface area contributed by atoms with E-state index in [0.717, 1.165) is 5.56 Å². The molecule has 2 aromatic carbocycles. The van der Waals surface area contributed by atoms with E-state index >= 15 is 0 Å². The summed E-state index contributed by atoms with van der Waals surface area (Å²) in [7, 11) is 0. The highest BCUT2D eigenvalue weighted by Crippen LogP contribution is 2.08. The van der Waals surface area contributed by atoms with Crippen LogP contribution in [0.1, 0.15) is 16.7 Å². The highest BCUT2D eigenvalue weighted by Gasteiger charge is 2.04. The second-order valence-electron chi connectivity index (χ2n) is 4.00. The molecule has 0 saturated heterocycles. The second-order valence-corrected chi connectivity index (χ2v) is 4.00. The van der Waals surface area contributed by atoms with Gasteiger partial charge in [-0.05, 0) is 31.0 Å². The largest absolute Gasteiger partial charge is 0.282 e. The van der Waals surface area contributed by atoms with Gasteiger partial charge in [-0.1, -0.05) is 30.3 Å². The molecule has 0 aliphatic heterocycles. The Morgan fingerprint density at radius 1 is 1.00 bits per heavy atom. The third-order valence-corrected chi connectivity index (χ3v) is 2.69. The summed E-state index contributed by atoms with van der Waals surface area (Å²) in [6, 6.07) is 18.1. The monoisotopic (exact) mass is 260 g/mol. The van der Waals surface area contributed by atoms with Gasteiger partial charge in [-0.2, -0.15) is 5.26 Å². The minimum absolute atomic E-state index is 0.0840. The fourth-order valence-electron chi connectivity index (χ4n) is 1.65. The van der Waals surface area contributed by atoms with E-state index in [0.29, 0.717) is 17.0 Å². The zero-order chi connectivity index (χ0) is 14.4. The molecule has 0 radical (unpaired) electrons. The summed E-state index contributed by atoms with van der Waals surface area (Å²) in [5.74, 6) is 0.487. The number of amidine groups is 2. The first-order valence-corrected chi connectivity index (χ1v) is 5.94. The fraction of sp³-hybridized carbons (Fsp3) is 0. The Labute approximate surface area is 117 Å². The SMILES string of the molecule is C=NC(=NC(=N)c1ccc(C#N)cc1)c1ccccc1. The summed E-state index contributed by atoms with van der Waals surface area (Å²) >= 11 is 0. The standard InChI is InChI=1S/C16H12N4/c1-19-16(14-5-3-2-4-6-14)20-15(18)13-9-7-12(11-17)8-10-13/h2-10,18H,1H2. The normalized spacial score (nSPS) is 10.7. The van der Waals surface area contributed by atoms with Gasteiger partial charge in [-0.15, -0.1) is 0 Å². The maximum atomic E-state index is 8.74. The molecule has 0 aliphatic carbocycles. The Hall–Kier alpha value is -3.06. The van der Waals surface area contributed by atoms with E-state index in [9.17, 15) is 0 Å². The number of nitriles is 1. The van der Waals surface area contributed by atoms with Gasteiger partial charge in [0.25, 0.3) is 0 Å². The van der Waals surface area contributed by atoms with E-state index < -0.39 is 0 Å². The Morgan fingerprint density at radius 2 is 1.65 bits per heavy atom. The molecule has 0 heterocycles. The Bertz CT molecular complexity index is 692. The molecular formula is C16H12N4. The van der Waals surface area contributed by atoms with E-state index in [4.69, 9.17) is 10.7 Å². The maximum absolute atomic E-state index is 8.74. The third kappa shape index (κ3) is 3.03. The summed E-state index contributed by atoms with van der Waals surface area (Å²) in [4.78, 5) is 8.04. The lowest BCUT2D eigenvalue weighted by molar-refractivity contribution is 1.39. The second kappa shape index (κ2) is 6.21. The predicted octanol–water partition coefficient (Wildman–Crippen LogP) is 3.03. The number of aliphatic imine (C=N–C) groups is 2. The molecular weight excluding hydrogens is 248 g/mol. The molecule has 0 fully saturated rings. The van der Waals surface area contributed by atoms with Gasteiger partial charge >= 0.3 is 0 Å². The van der Waals surface area contributed by atoms with Crippen LogP contribution in [-0.4, -0.2) is 18.4 Å². The number of benzene rings is 2. The Balaban J connectivity index is 2.30. The van der Waals surface area contributed by atoms with Crippen molar-refractivity contribution in [1.29, 1.82) is 10.7 Å². The third-order valence-electron chi connectivity index (χ3n) is 2.69. The van der Waals surface area contributed by atoms with E-state index in [1.165, 1.54) is 0 Å². The number of nitrogens with one attached hydrogen (secondary N) is 1. The van der Waals surface area contributed by atoms with Gasteiger partial charge < -0.3 is 0 Å². The van der Waals surface area contributed by atoms with Crippen molar-refractivity contribution < 1.29 is 0 Å². The number of nitrogens with zero attached hydrogens (tertiary/aromatic N) is 3. The average Bonchev–Trinajstić information content (AvgIpc) is 2.53. The van der Waals surface area contributed by atoms with Gasteiger partial charge in [0.05, 0.1) is 11.6 Å². The first kappa shape index (κ1) is 13.4. The van der Waals surface area contributed by atoms with Crippen LogP contribution in [0.15, 0.2) is 64.6 Å². The van der Waals surface area contributed by atoms with Crippen LogP contribution < -0.4 is 0 Å². The van der Waals surface area contributed by atoms with Crippen molar-refractivity contribution >= 4 is 18.4 Å². The summed E-state index contributed by atoms with van der Waals surface area (Å²) in [6.45, 7) is 3.49. The van der Waals surface area contributed by atoms with E-state index in [-0.39, 0.29) is 5.84 Å². The van der Waals surface area contributed by atoms with Crippen LogP contribution >= 0.6 is 0 Å². The van der Waals surface area contributed by atoms with E-state index in [1.807, 2.05) is 36.4 Å². The first-order chi connectivity index (χ1) is 9.74. The van der Waals surface area contributed by atoms with Crippen LogP contribution in [0.5, 0.6) is 0 Å². The van der Waals surface area contributed by atoms with Crippen molar-refractivity contribution in [3.63, 3.8) is 0 Å². The molecule has 1 N–H and O–H groups in total. The fourth-order valence-corrected chi connectivity index (χ4v) is 1.65. The number of hydrogen-bond donors (Lipinski definition) is 1. The molecule has 2 rings (SSSR count). The molecule has 0 aliphatic rings. The van der Waals surface area contributed by atoms with Crippen LogP contribution in [0.25, 0.3) is 0 Å². The topological polar surface area (TPSA) is 72.4 Å². The minimum atomic E-state index is 0.0840. The van der Waals surface area contributed by atoms with Crippen LogP contribution in [0.3, 0.4) is 0 Å². The molecule has 0 amide bonds. The van der Waals surface area contributed by atoms with Crippen molar-refractivity contribution in [3.8, 4) is 6.07 Å². The van der Waals surface area contributed by atoms with Gasteiger partial charge in [0.15, 0.2) is 11.7 Å². The summed E-state index contributed by atoms with van der Waals surface area (Å²) in [6.07, 6.45) is 0. The van der Waals surface area contributed by atoms with E-state index in [1.54, 1.807) is 24.3 Å². The smallest absolute Gasteiger partial charge is 0.161 e. The van der Waals surface area contributed by atoms with Gasteiger partial charge in [0.2, 0.25) is 0 Å². The lowest BCUT2D eigenvalue weighted by Crippen LogP contribution is -2.03. The van der Waals surface area contributed by atoms with E-state index in [2.05, 4.69) is 16.7 Å². The number of rotatable bonds is 2. The van der Waals surface area contributed by atoms with Crippen LogP contribution in [0, 0.1) is 16.7 Å². The van der Waals surface area contributed by atoms with Crippen LogP contribution in [-0.2, 0) is 0 Å². The first-order valence-electron chi connectivity index (χ1n) is 5.94. The molecule has 0 atom stereocenters. The molecule has 2 aromatic rings. The Morgan fingerprint density at radius 3 is 2.20 bits per heavy atom. The molecule has 0 spiro atoms. The van der Waals surface area contributed by atoms with Crippen molar-refractivity contribution in [2.75, 3.05) is 0 Å². The molecule has 96 valence electrons. The minimum Gasteiger partial charge on any atom is -0.282 e. The van der Waals surface area contributed by atoms with Gasteiger partial charge in [-0.3, -0.25) is 5.41 Å². The summed E-state index contributed by atoms with van der Waals surface area (Å²) in [5.41, 5.74) is 1.98. The van der Waals surface area contributed by atoms with Crippen molar-refractivity contribution in [3.05, 3.63) is 71.3 Å². The highest BCUT2D eigenvalue weighted by molar-refractivity contribution is 6.11. The number of hydrogen-bond acceptors (Lipinski definition) is 2. The molecule has 20 heavy (non-hydrogen) atoms. The molecule has 0 bridgehead atoms. The molecule has 4 nitrogen and oxygen atoms in total. The molecule has 0 saturated carbocycles. The Kier molecular flexibility index (Phi) is 4.15. The van der Waals surface area contributed by atoms with Crippen molar-refractivity contribution in [2.45, 2.75) is 0 Å². The molecule has 4 heteroatoms. The zero-order valence-electron chi connectivity index (χ0n) is 10.7. The summed E-state index contributed by atoms with van der Waals surface area (Å²) in [5, 5.41) is 16.7. The predicted molar refractivity (Wildman–Crippen MR) is 80.5 cm³/mol. The molecule has 0 aromatic heterocycles. The van der Waals surface area contributed by atoms with Gasteiger partial charge in [0, 0.05) is 11.1 Å². The van der Waals surface area contributed by atoms with Crippen LogP contribution in [0.4, 0.5) is 0 Å².